The quantitative estimate of drug-likeness (QED) is 0.716. The summed E-state index contributed by atoms with van der Waals surface area (Å²) in [5.41, 5.74) is 5.74. The molecule has 2 aromatic carbocycles. The van der Waals surface area contributed by atoms with Gasteiger partial charge in [0.1, 0.15) is 0 Å². The van der Waals surface area contributed by atoms with E-state index < -0.39 is 11.5 Å². The second-order valence-electron chi connectivity index (χ2n) is 5.15. The maximum atomic E-state index is 11.6. The SMILES string of the molecule is NC(=O)C(O)(CNCc1ccccc1)Cc1ccccc1. The summed E-state index contributed by atoms with van der Waals surface area (Å²) in [7, 11) is 0. The van der Waals surface area contributed by atoms with Gasteiger partial charge in [0, 0.05) is 19.5 Å². The van der Waals surface area contributed by atoms with Crippen LogP contribution in [0.5, 0.6) is 0 Å². The smallest absolute Gasteiger partial charge is 0.251 e. The van der Waals surface area contributed by atoms with Gasteiger partial charge in [0.2, 0.25) is 0 Å². The van der Waals surface area contributed by atoms with Gasteiger partial charge in [0.15, 0.2) is 5.60 Å². The van der Waals surface area contributed by atoms with Crippen LogP contribution in [0.1, 0.15) is 11.1 Å². The number of primary amides is 1. The summed E-state index contributed by atoms with van der Waals surface area (Å²) in [4.78, 5) is 11.6. The Bertz CT molecular complexity index is 572. The number of carbonyl (C=O) groups excluding carboxylic acids is 1. The van der Waals surface area contributed by atoms with Gasteiger partial charge in [-0.25, -0.2) is 0 Å². The lowest BCUT2D eigenvalue weighted by Gasteiger charge is -2.25. The van der Waals surface area contributed by atoms with E-state index in [1.54, 1.807) is 0 Å². The van der Waals surface area contributed by atoms with Crippen molar-refractivity contribution in [2.45, 2.75) is 18.6 Å². The molecule has 110 valence electrons. The highest BCUT2D eigenvalue weighted by molar-refractivity contribution is 5.83. The molecule has 4 heteroatoms. The fraction of sp³-hybridized carbons (Fsp3) is 0.235. The molecule has 2 rings (SSSR count). The van der Waals surface area contributed by atoms with Crippen molar-refractivity contribution in [2.24, 2.45) is 5.73 Å². The standard InChI is InChI=1S/C17H20N2O2/c18-16(20)17(21,11-14-7-3-1-4-8-14)13-19-12-15-9-5-2-6-10-15/h1-10,19,21H,11-13H2,(H2,18,20). The Kier molecular flexibility index (Phi) is 5.09. The van der Waals surface area contributed by atoms with Crippen molar-refractivity contribution >= 4 is 5.91 Å². The van der Waals surface area contributed by atoms with Crippen molar-refractivity contribution < 1.29 is 9.90 Å². The average Bonchev–Trinajstić information content (AvgIpc) is 2.49. The van der Waals surface area contributed by atoms with E-state index in [1.807, 2.05) is 60.7 Å². The first kappa shape index (κ1) is 15.2. The van der Waals surface area contributed by atoms with Gasteiger partial charge < -0.3 is 16.2 Å². The predicted molar refractivity (Wildman–Crippen MR) is 82.4 cm³/mol. The molecule has 0 aliphatic carbocycles. The molecule has 0 fully saturated rings. The summed E-state index contributed by atoms with van der Waals surface area (Å²) in [6.45, 7) is 0.692. The van der Waals surface area contributed by atoms with E-state index in [0.29, 0.717) is 6.54 Å². The molecule has 0 aromatic heterocycles. The van der Waals surface area contributed by atoms with Gasteiger partial charge >= 0.3 is 0 Å². The Morgan fingerprint density at radius 1 is 1.00 bits per heavy atom. The number of rotatable bonds is 7. The second kappa shape index (κ2) is 7.02. The number of amides is 1. The van der Waals surface area contributed by atoms with Crippen LogP contribution in [-0.2, 0) is 17.8 Å². The monoisotopic (exact) mass is 284 g/mol. The summed E-state index contributed by atoms with van der Waals surface area (Å²) < 4.78 is 0. The zero-order valence-corrected chi connectivity index (χ0v) is 11.8. The van der Waals surface area contributed by atoms with E-state index in [4.69, 9.17) is 5.73 Å². The fourth-order valence-electron chi connectivity index (χ4n) is 2.18. The van der Waals surface area contributed by atoms with Gasteiger partial charge in [-0.1, -0.05) is 60.7 Å². The summed E-state index contributed by atoms with van der Waals surface area (Å²) >= 11 is 0. The molecule has 0 saturated carbocycles. The molecule has 0 radical (unpaired) electrons. The molecule has 21 heavy (non-hydrogen) atoms. The average molecular weight is 284 g/mol. The van der Waals surface area contributed by atoms with E-state index in [9.17, 15) is 9.90 Å². The minimum absolute atomic E-state index is 0.117. The van der Waals surface area contributed by atoms with Crippen LogP contribution >= 0.6 is 0 Å². The predicted octanol–water partition coefficient (Wildman–Crippen LogP) is 1.24. The molecule has 1 atom stereocenters. The molecule has 4 N–H and O–H groups in total. The van der Waals surface area contributed by atoms with Crippen LogP contribution in [0, 0.1) is 0 Å². The summed E-state index contributed by atoms with van der Waals surface area (Å²) in [5, 5.41) is 13.6. The first-order valence-corrected chi connectivity index (χ1v) is 6.91. The van der Waals surface area contributed by atoms with Crippen molar-refractivity contribution in [1.82, 2.24) is 5.32 Å². The van der Waals surface area contributed by atoms with Crippen molar-refractivity contribution in [3.63, 3.8) is 0 Å². The Morgan fingerprint density at radius 2 is 1.52 bits per heavy atom. The third kappa shape index (κ3) is 4.41. The molecule has 2 aromatic rings. The molecule has 0 saturated heterocycles. The van der Waals surface area contributed by atoms with Gasteiger partial charge in [-0.3, -0.25) is 4.79 Å². The normalized spacial score (nSPS) is 13.6. The Hall–Kier alpha value is -2.17. The number of aliphatic hydroxyl groups is 1. The molecular formula is C17H20N2O2. The minimum atomic E-state index is -1.59. The molecule has 0 heterocycles. The number of hydrogen-bond donors (Lipinski definition) is 3. The summed E-state index contributed by atoms with van der Waals surface area (Å²) in [6, 6.07) is 19.2. The molecule has 0 aliphatic heterocycles. The highest BCUT2D eigenvalue weighted by Gasteiger charge is 2.33. The molecule has 4 nitrogen and oxygen atoms in total. The summed E-state index contributed by atoms with van der Waals surface area (Å²) in [6.07, 6.45) is 0.199. The van der Waals surface area contributed by atoms with Crippen molar-refractivity contribution in [3.8, 4) is 0 Å². The molecule has 0 aliphatic rings. The Balaban J connectivity index is 1.96. The lowest BCUT2D eigenvalue weighted by molar-refractivity contribution is -0.135. The van der Waals surface area contributed by atoms with Crippen LogP contribution in [0.15, 0.2) is 60.7 Å². The summed E-state index contributed by atoms with van der Waals surface area (Å²) in [5.74, 6) is -0.716. The van der Waals surface area contributed by atoms with Crippen LogP contribution in [0.4, 0.5) is 0 Å². The largest absolute Gasteiger partial charge is 0.378 e. The third-order valence-corrected chi connectivity index (χ3v) is 3.39. The molecular weight excluding hydrogens is 264 g/mol. The van der Waals surface area contributed by atoms with Crippen molar-refractivity contribution in [3.05, 3.63) is 71.8 Å². The van der Waals surface area contributed by atoms with Crippen LogP contribution in [-0.4, -0.2) is 23.2 Å². The van der Waals surface area contributed by atoms with Gasteiger partial charge in [-0.05, 0) is 11.1 Å². The van der Waals surface area contributed by atoms with Crippen LogP contribution in [0.25, 0.3) is 0 Å². The van der Waals surface area contributed by atoms with Gasteiger partial charge in [-0.15, -0.1) is 0 Å². The molecule has 0 bridgehead atoms. The highest BCUT2D eigenvalue weighted by Crippen LogP contribution is 2.13. The minimum Gasteiger partial charge on any atom is -0.378 e. The number of hydrogen-bond acceptors (Lipinski definition) is 3. The maximum absolute atomic E-state index is 11.6. The zero-order chi connectivity index (χ0) is 15.1. The lowest BCUT2D eigenvalue weighted by atomic mass is 9.93. The number of carbonyl (C=O) groups is 1. The van der Waals surface area contributed by atoms with E-state index in [-0.39, 0.29) is 13.0 Å². The first-order valence-electron chi connectivity index (χ1n) is 6.91. The van der Waals surface area contributed by atoms with Crippen molar-refractivity contribution in [2.75, 3.05) is 6.54 Å². The second-order valence-corrected chi connectivity index (χ2v) is 5.15. The highest BCUT2D eigenvalue weighted by atomic mass is 16.3. The van der Waals surface area contributed by atoms with Gasteiger partial charge in [0.05, 0.1) is 0 Å². The number of benzene rings is 2. The van der Waals surface area contributed by atoms with Gasteiger partial charge in [-0.2, -0.15) is 0 Å². The van der Waals surface area contributed by atoms with Gasteiger partial charge in [0.25, 0.3) is 5.91 Å². The van der Waals surface area contributed by atoms with E-state index in [2.05, 4.69) is 5.32 Å². The number of nitrogens with one attached hydrogen (secondary N) is 1. The fourth-order valence-corrected chi connectivity index (χ4v) is 2.18. The zero-order valence-electron chi connectivity index (χ0n) is 11.8. The van der Waals surface area contributed by atoms with Crippen LogP contribution in [0.3, 0.4) is 0 Å². The number of nitrogens with two attached hydrogens (primary N) is 1. The van der Waals surface area contributed by atoms with Crippen LogP contribution in [0.2, 0.25) is 0 Å². The first-order chi connectivity index (χ1) is 10.1. The van der Waals surface area contributed by atoms with E-state index >= 15 is 0 Å². The topological polar surface area (TPSA) is 75.4 Å². The van der Waals surface area contributed by atoms with E-state index in [1.165, 1.54) is 0 Å². The Labute approximate surface area is 124 Å². The third-order valence-electron chi connectivity index (χ3n) is 3.39. The van der Waals surface area contributed by atoms with Crippen molar-refractivity contribution in [1.29, 1.82) is 0 Å². The molecule has 0 spiro atoms. The molecule has 1 unspecified atom stereocenters. The lowest BCUT2D eigenvalue weighted by Crippen LogP contribution is -2.52. The van der Waals surface area contributed by atoms with E-state index in [0.717, 1.165) is 11.1 Å². The van der Waals surface area contributed by atoms with Crippen LogP contribution < -0.4 is 11.1 Å². The Morgan fingerprint density at radius 3 is 2.05 bits per heavy atom. The molecule has 1 amide bonds. The maximum Gasteiger partial charge on any atom is 0.251 e.